The van der Waals surface area contributed by atoms with Crippen LogP contribution in [0.4, 0.5) is 0 Å². The summed E-state index contributed by atoms with van der Waals surface area (Å²) in [7, 11) is 0. The van der Waals surface area contributed by atoms with Gasteiger partial charge in [-0.3, -0.25) is 4.79 Å². The number of ether oxygens (including phenoxy) is 1. The molecule has 1 N–H and O–H groups in total. The summed E-state index contributed by atoms with van der Waals surface area (Å²) in [6.45, 7) is 4.95. The standard InChI is InChI=1S/C19H20N4O2/c1-3-25-17-7-4-15(5-8-17)12-21-19(24)16-6-9-18(20-13-16)23-11-10-14(2)22-23/h4-11,13H,3,12H2,1-2H3,(H,21,24). The van der Waals surface area contributed by atoms with Crippen molar-refractivity contribution in [3.05, 3.63) is 71.7 Å². The van der Waals surface area contributed by atoms with E-state index in [0.717, 1.165) is 17.0 Å². The third-order valence-electron chi connectivity index (χ3n) is 3.65. The maximum atomic E-state index is 12.2. The fraction of sp³-hybridized carbons (Fsp3) is 0.211. The van der Waals surface area contributed by atoms with Gasteiger partial charge in [-0.15, -0.1) is 0 Å². The molecule has 6 nitrogen and oxygen atoms in total. The van der Waals surface area contributed by atoms with Crippen LogP contribution in [0.5, 0.6) is 5.75 Å². The van der Waals surface area contributed by atoms with E-state index in [4.69, 9.17) is 4.74 Å². The van der Waals surface area contributed by atoms with Crippen molar-refractivity contribution in [2.45, 2.75) is 20.4 Å². The molecular weight excluding hydrogens is 316 g/mol. The Balaban J connectivity index is 1.59. The zero-order chi connectivity index (χ0) is 17.6. The van der Waals surface area contributed by atoms with Crippen LogP contribution in [0.25, 0.3) is 5.82 Å². The summed E-state index contributed by atoms with van der Waals surface area (Å²) >= 11 is 0. The average molecular weight is 336 g/mol. The summed E-state index contributed by atoms with van der Waals surface area (Å²) in [6.07, 6.45) is 3.39. The SMILES string of the molecule is CCOc1ccc(CNC(=O)c2ccc(-n3ccc(C)n3)nc2)cc1. The molecular formula is C19H20N4O2. The van der Waals surface area contributed by atoms with Crippen LogP contribution in [0, 0.1) is 6.92 Å². The van der Waals surface area contributed by atoms with Crippen molar-refractivity contribution in [2.24, 2.45) is 0 Å². The van der Waals surface area contributed by atoms with E-state index in [1.165, 1.54) is 0 Å². The summed E-state index contributed by atoms with van der Waals surface area (Å²) in [5, 5.41) is 7.18. The second-order valence-corrected chi connectivity index (χ2v) is 5.57. The Morgan fingerprint density at radius 3 is 2.56 bits per heavy atom. The largest absolute Gasteiger partial charge is 0.494 e. The Bertz CT molecular complexity index is 839. The summed E-state index contributed by atoms with van der Waals surface area (Å²) in [6, 6.07) is 13.1. The van der Waals surface area contributed by atoms with Gasteiger partial charge in [0.2, 0.25) is 0 Å². The molecule has 0 aliphatic heterocycles. The van der Waals surface area contributed by atoms with Gasteiger partial charge in [-0.1, -0.05) is 12.1 Å². The molecule has 0 saturated heterocycles. The lowest BCUT2D eigenvalue weighted by Gasteiger charge is -2.07. The smallest absolute Gasteiger partial charge is 0.253 e. The minimum Gasteiger partial charge on any atom is -0.494 e. The summed E-state index contributed by atoms with van der Waals surface area (Å²) in [5.74, 6) is 1.34. The fourth-order valence-corrected chi connectivity index (χ4v) is 2.35. The molecule has 1 aromatic carbocycles. The van der Waals surface area contributed by atoms with E-state index in [9.17, 15) is 4.79 Å². The zero-order valence-corrected chi connectivity index (χ0v) is 14.3. The molecule has 1 amide bonds. The van der Waals surface area contributed by atoms with E-state index in [1.54, 1.807) is 23.0 Å². The predicted molar refractivity (Wildman–Crippen MR) is 94.9 cm³/mol. The van der Waals surface area contributed by atoms with Gasteiger partial charge in [0.1, 0.15) is 5.75 Å². The van der Waals surface area contributed by atoms with Crippen molar-refractivity contribution in [1.29, 1.82) is 0 Å². The topological polar surface area (TPSA) is 69.0 Å². The number of nitrogens with zero attached hydrogens (tertiary/aromatic N) is 3. The number of nitrogens with one attached hydrogen (secondary N) is 1. The van der Waals surface area contributed by atoms with Crippen molar-refractivity contribution < 1.29 is 9.53 Å². The van der Waals surface area contributed by atoms with E-state index in [1.807, 2.05) is 50.4 Å². The molecule has 0 radical (unpaired) electrons. The van der Waals surface area contributed by atoms with E-state index in [0.29, 0.717) is 24.5 Å². The third-order valence-corrected chi connectivity index (χ3v) is 3.65. The lowest BCUT2D eigenvalue weighted by molar-refractivity contribution is 0.0950. The van der Waals surface area contributed by atoms with Crippen LogP contribution in [-0.2, 0) is 6.54 Å². The van der Waals surface area contributed by atoms with E-state index in [-0.39, 0.29) is 5.91 Å². The molecule has 2 aromatic heterocycles. The highest BCUT2D eigenvalue weighted by Crippen LogP contribution is 2.12. The average Bonchev–Trinajstić information content (AvgIpc) is 3.08. The van der Waals surface area contributed by atoms with Gasteiger partial charge < -0.3 is 10.1 Å². The summed E-state index contributed by atoms with van der Waals surface area (Å²) in [5.41, 5.74) is 2.44. The van der Waals surface area contributed by atoms with Gasteiger partial charge in [0, 0.05) is 18.9 Å². The predicted octanol–water partition coefficient (Wildman–Crippen LogP) is 2.90. The number of hydrogen-bond donors (Lipinski definition) is 1. The van der Waals surface area contributed by atoms with E-state index < -0.39 is 0 Å². The minimum atomic E-state index is -0.162. The number of hydrogen-bond acceptors (Lipinski definition) is 4. The monoisotopic (exact) mass is 336 g/mol. The normalized spacial score (nSPS) is 10.5. The number of aromatic nitrogens is 3. The summed E-state index contributed by atoms with van der Waals surface area (Å²) < 4.78 is 7.08. The first kappa shape index (κ1) is 16.7. The number of aryl methyl sites for hydroxylation is 1. The fourth-order valence-electron chi connectivity index (χ4n) is 2.35. The van der Waals surface area contributed by atoms with Gasteiger partial charge >= 0.3 is 0 Å². The van der Waals surface area contributed by atoms with Crippen LogP contribution < -0.4 is 10.1 Å². The van der Waals surface area contributed by atoms with Crippen LogP contribution in [0.15, 0.2) is 54.9 Å². The van der Waals surface area contributed by atoms with Crippen molar-refractivity contribution in [3.8, 4) is 11.6 Å². The van der Waals surface area contributed by atoms with E-state index >= 15 is 0 Å². The Labute approximate surface area is 146 Å². The molecule has 25 heavy (non-hydrogen) atoms. The van der Waals surface area contributed by atoms with Crippen LogP contribution in [0.3, 0.4) is 0 Å². The Kier molecular flexibility index (Phi) is 5.09. The molecule has 0 spiro atoms. The van der Waals surface area contributed by atoms with Gasteiger partial charge in [-0.05, 0) is 49.7 Å². The lowest BCUT2D eigenvalue weighted by atomic mass is 10.2. The number of carbonyl (C=O) groups excluding carboxylic acids is 1. The second kappa shape index (κ2) is 7.61. The molecule has 3 aromatic rings. The van der Waals surface area contributed by atoms with Gasteiger partial charge in [0.15, 0.2) is 5.82 Å². The highest BCUT2D eigenvalue weighted by atomic mass is 16.5. The molecule has 0 atom stereocenters. The number of benzene rings is 1. The molecule has 128 valence electrons. The lowest BCUT2D eigenvalue weighted by Crippen LogP contribution is -2.23. The van der Waals surface area contributed by atoms with Gasteiger partial charge in [-0.2, -0.15) is 5.10 Å². The molecule has 0 unspecified atom stereocenters. The maximum absolute atomic E-state index is 12.2. The van der Waals surface area contributed by atoms with Crippen LogP contribution >= 0.6 is 0 Å². The van der Waals surface area contributed by atoms with Gasteiger partial charge in [0.05, 0.1) is 17.9 Å². The van der Waals surface area contributed by atoms with Crippen molar-refractivity contribution in [3.63, 3.8) is 0 Å². The van der Waals surface area contributed by atoms with Crippen LogP contribution in [0.2, 0.25) is 0 Å². The van der Waals surface area contributed by atoms with Gasteiger partial charge in [-0.25, -0.2) is 9.67 Å². The van der Waals surface area contributed by atoms with E-state index in [2.05, 4.69) is 15.4 Å². The third kappa shape index (κ3) is 4.23. The first-order chi connectivity index (χ1) is 12.2. The molecule has 0 aliphatic carbocycles. The zero-order valence-electron chi connectivity index (χ0n) is 14.3. The van der Waals surface area contributed by atoms with Crippen LogP contribution in [-0.4, -0.2) is 27.3 Å². The highest BCUT2D eigenvalue weighted by Gasteiger charge is 2.07. The van der Waals surface area contributed by atoms with Crippen molar-refractivity contribution in [1.82, 2.24) is 20.1 Å². The first-order valence-electron chi connectivity index (χ1n) is 8.14. The summed E-state index contributed by atoms with van der Waals surface area (Å²) in [4.78, 5) is 16.5. The van der Waals surface area contributed by atoms with Crippen molar-refractivity contribution >= 4 is 5.91 Å². The number of pyridine rings is 1. The van der Waals surface area contributed by atoms with Crippen molar-refractivity contribution in [2.75, 3.05) is 6.61 Å². The molecule has 0 bridgehead atoms. The van der Waals surface area contributed by atoms with Gasteiger partial charge in [0.25, 0.3) is 5.91 Å². The Hall–Kier alpha value is -3.15. The number of amides is 1. The molecule has 0 fully saturated rings. The molecule has 0 saturated carbocycles. The highest BCUT2D eigenvalue weighted by molar-refractivity contribution is 5.93. The molecule has 0 aliphatic rings. The second-order valence-electron chi connectivity index (χ2n) is 5.57. The van der Waals surface area contributed by atoms with Crippen LogP contribution in [0.1, 0.15) is 28.5 Å². The minimum absolute atomic E-state index is 0.162. The molecule has 6 heteroatoms. The molecule has 3 rings (SSSR count). The quantitative estimate of drug-likeness (QED) is 0.751. The number of carbonyl (C=O) groups is 1. The Morgan fingerprint density at radius 1 is 1.16 bits per heavy atom. The molecule has 2 heterocycles. The first-order valence-corrected chi connectivity index (χ1v) is 8.14. The maximum Gasteiger partial charge on any atom is 0.253 e. The number of rotatable bonds is 6. The Morgan fingerprint density at radius 2 is 1.96 bits per heavy atom.